The molecule has 9 heteroatoms. The molecule has 0 saturated carbocycles. The second kappa shape index (κ2) is 10.3. The molecule has 35 heavy (non-hydrogen) atoms. The molecule has 1 aromatic heterocycles. The largest absolute Gasteiger partial charge is 0.459 e. The number of hydrogen-bond donors (Lipinski definition) is 1. The zero-order valence-electron chi connectivity index (χ0n) is 19.4. The Kier molecular flexibility index (Phi) is 6.96. The number of benzene rings is 2. The Morgan fingerprint density at radius 2 is 1.71 bits per heavy atom. The molecule has 0 radical (unpaired) electrons. The van der Waals surface area contributed by atoms with E-state index in [0.29, 0.717) is 11.3 Å². The van der Waals surface area contributed by atoms with Gasteiger partial charge in [-0.3, -0.25) is 14.4 Å². The summed E-state index contributed by atoms with van der Waals surface area (Å²) in [5.41, 5.74) is 2.82. The number of carbonyl (C=O) groups is 4. The number of rotatable bonds is 6. The lowest BCUT2D eigenvalue weighted by molar-refractivity contribution is -0.152. The Balaban J connectivity index is 1.40. The summed E-state index contributed by atoms with van der Waals surface area (Å²) in [6.45, 7) is -0.294. The van der Waals surface area contributed by atoms with Gasteiger partial charge in [0.05, 0.1) is 6.26 Å². The van der Waals surface area contributed by atoms with Crippen molar-refractivity contribution in [2.45, 2.75) is 19.0 Å². The minimum atomic E-state index is -0.897. The average Bonchev–Trinajstić information content (AvgIpc) is 3.41. The number of ether oxygens (including phenoxy) is 1. The van der Waals surface area contributed by atoms with Crippen molar-refractivity contribution in [1.82, 2.24) is 9.80 Å². The first kappa shape index (κ1) is 23.7. The lowest BCUT2D eigenvalue weighted by atomic mass is 9.93. The minimum Gasteiger partial charge on any atom is -0.459 e. The van der Waals surface area contributed by atoms with Gasteiger partial charge in [-0.2, -0.15) is 0 Å². The Labute approximate surface area is 202 Å². The molecule has 3 amide bonds. The van der Waals surface area contributed by atoms with Crippen molar-refractivity contribution in [1.29, 1.82) is 0 Å². The fourth-order valence-electron chi connectivity index (χ4n) is 3.87. The molecule has 1 aliphatic rings. The van der Waals surface area contributed by atoms with E-state index in [1.807, 2.05) is 24.3 Å². The summed E-state index contributed by atoms with van der Waals surface area (Å²) in [4.78, 5) is 53.2. The van der Waals surface area contributed by atoms with Crippen LogP contribution in [0.15, 0.2) is 71.3 Å². The van der Waals surface area contributed by atoms with Crippen molar-refractivity contribution in [2.75, 3.05) is 26.0 Å². The van der Waals surface area contributed by atoms with Crippen LogP contribution in [0.25, 0.3) is 0 Å². The summed E-state index contributed by atoms with van der Waals surface area (Å²) in [6.07, 6.45) is 1.66. The third-order valence-corrected chi connectivity index (χ3v) is 5.68. The molecule has 1 aliphatic heterocycles. The first-order valence-corrected chi connectivity index (χ1v) is 11.0. The smallest absolute Gasteiger partial charge is 0.329 e. The quantitative estimate of drug-likeness (QED) is 0.549. The SMILES string of the molecule is CN(C)C(=O)c1ccc(NC(=O)COC(=O)C2Cc3ccccc3CN2C(=O)c2ccco2)cc1. The van der Waals surface area contributed by atoms with E-state index < -0.39 is 30.4 Å². The van der Waals surface area contributed by atoms with Crippen LogP contribution >= 0.6 is 0 Å². The molecule has 4 rings (SSSR count). The molecule has 9 nitrogen and oxygen atoms in total. The van der Waals surface area contributed by atoms with Gasteiger partial charge in [0.15, 0.2) is 12.4 Å². The third-order valence-electron chi connectivity index (χ3n) is 5.68. The van der Waals surface area contributed by atoms with Crippen LogP contribution in [0.4, 0.5) is 5.69 Å². The van der Waals surface area contributed by atoms with Crippen LogP contribution in [-0.2, 0) is 27.3 Å². The van der Waals surface area contributed by atoms with E-state index in [2.05, 4.69) is 5.32 Å². The van der Waals surface area contributed by atoms with Gasteiger partial charge in [0.1, 0.15) is 6.04 Å². The molecule has 1 atom stereocenters. The maximum absolute atomic E-state index is 13.0. The molecule has 180 valence electrons. The number of esters is 1. The Hall–Kier alpha value is -4.40. The molecular weight excluding hydrogens is 450 g/mol. The lowest BCUT2D eigenvalue weighted by Gasteiger charge is -2.34. The van der Waals surface area contributed by atoms with E-state index in [0.717, 1.165) is 11.1 Å². The summed E-state index contributed by atoms with van der Waals surface area (Å²) < 4.78 is 10.5. The van der Waals surface area contributed by atoms with Gasteiger partial charge in [-0.05, 0) is 47.5 Å². The van der Waals surface area contributed by atoms with Gasteiger partial charge in [0.2, 0.25) is 0 Å². The van der Waals surface area contributed by atoms with Crippen molar-refractivity contribution in [3.8, 4) is 0 Å². The highest BCUT2D eigenvalue weighted by molar-refractivity contribution is 5.97. The summed E-state index contributed by atoms with van der Waals surface area (Å²) in [5.74, 6) is -1.68. The van der Waals surface area contributed by atoms with Crippen molar-refractivity contribution in [3.05, 3.63) is 89.4 Å². The number of furan rings is 1. The second-order valence-electron chi connectivity index (χ2n) is 8.33. The summed E-state index contributed by atoms with van der Waals surface area (Å²) in [6, 6.07) is 16.2. The minimum absolute atomic E-state index is 0.121. The van der Waals surface area contributed by atoms with E-state index in [9.17, 15) is 19.2 Å². The van der Waals surface area contributed by atoms with Crippen molar-refractivity contribution < 1.29 is 28.3 Å². The average molecular weight is 476 g/mol. The Bertz CT molecular complexity index is 1230. The van der Waals surface area contributed by atoms with Crippen LogP contribution in [0.2, 0.25) is 0 Å². The van der Waals surface area contributed by atoms with E-state index in [-0.39, 0.29) is 24.6 Å². The predicted octanol–water partition coefficient (Wildman–Crippen LogP) is 2.73. The molecule has 0 saturated heterocycles. The standard InChI is InChI=1S/C26H25N3O6/c1-28(2)24(31)17-9-11-20(12-10-17)27-23(30)16-35-26(33)21-14-18-6-3-4-7-19(18)15-29(21)25(32)22-8-5-13-34-22/h3-13,21H,14-16H2,1-2H3,(H,27,30). The topological polar surface area (TPSA) is 109 Å². The number of amides is 3. The van der Waals surface area contributed by atoms with Crippen LogP contribution < -0.4 is 5.32 Å². The molecule has 0 spiro atoms. The molecule has 0 aliphatic carbocycles. The molecule has 0 fully saturated rings. The van der Waals surface area contributed by atoms with Gasteiger partial charge in [-0.1, -0.05) is 24.3 Å². The van der Waals surface area contributed by atoms with Gasteiger partial charge < -0.3 is 24.3 Å². The monoisotopic (exact) mass is 475 g/mol. The molecule has 0 bridgehead atoms. The van der Waals surface area contributed by atoms with E-state index >= 15 is 0 Å². The highest BCUT2D eigenvalue weighted by Crippen LogP contribution is 2.26. The highest BCUT2D eigenvalue weighted by Gasteiger charge is 2.37. The van der Waals surface area contributed by atoms with Crippen molar-refractivity contribution >= 4 is 29.4 Å². The highest BCUT2D eigenvalue weighted by atomic mass is 16.5. The molecule has 1 N–H and O–H groups in total. The van der Waals surface area contributed by atoms with Gasteiger partial charge in [0.25, 0.3) is 17.7 Å². The summed E-state index contributed by atoms with van der Waals surface area (Å²) in [7, 11) is 3.31. The molecular formula is C26H25N3O6. The summed E-state index contributed by atoms with van der Waals surface area (Å²) >= 11 is 0. The van der Waals surface area contributed by atoms with Crippen LogP contribution in [-0.4, -0.2) is 60.2 Å². The number of anilines is 1. The van der Waals surface area contributed by atoms with Gasteiger partial charge in [-0.25, -0.2) is 4.79 Å². The molecule has 2 heterocycles. The van der Waals surface area contributed by atoms with Gasteiger partial charge >= 0.3 is 5.97 Å². The predicted molar refractivity (Wildman–Crippen MR) is 127 cm³/mol. The van der Waals surface area contributed by atoms with E-state index in [1.165, 1.54) is 22.1 Å². The van der Waals surface area contributed by atoms with Crippen LogP contribution in [0.1, 0.15) is 32.0 Å². The van der Waals surface area contributed by atoms with Gasteiger partial charge in [0, 0.05) is 38.3 Å². The number of hydrogen-bond acceptors (Lipinski definition) is 6. The maximum atomic E-state index is 13.0. The Morgan fingerprint density at radius 1 is 1.00 bits per heavy atom. The van der Waals surface area contributed by atoms with Crippen LogP contribution in [0.3, 0.4) is 0 Å². The number of carbonyl (C=O) groups excluding carboxylic acids is 4. The van der Waals surface area contributed by atoms with Gasteiger partial charge in [-0.15, -0.1) is 0 Å². The fraction of sp³-hybridized carbons (Fsp3) is 0.231. The normalized spacial score (nSPS) is 14.6. The molecule has 2 aromatic carbocycles. The zero-order chi connectivity index (χ0) is 24.9. The van der Waals surface area contributed by atoms with E-state index in [4.69, 9.17) is 9.15 Å². The first-order chi connectivity index (χ1) is 16.8. The first-order valence-electron chi connectivity index (χ1n) is 11.0. The van der Waals surface area contributed by atoms with E-state index in [1.54, 1.807) is 44.4 Å². The number of fused-ring (bicyclic) bond motifs is 1. The molecule has 3 aromatic rings. The molecule has 1 unspecified atom stereocenters. The fourth-order valence-corrected chi connectivity index (χ4v) is 3.87. The number of nitrogens with zero attached hydrogens (tertiary/aromatic N) is 2. The van der Waals surface area contributed by atoms with Crippen molar-refractivity contribution in [3.63, 3.8) is 0 Å². The second-order valence-corrected chi connectivity index (χ2v) is 8.33. The maximum Gasteiger partial charge on any atom is 0.329 e. The Morgan fingerprint density at radius 3 is 2.37 bits per heavy atom. The number of nitrogens with one attached hydrogen (secondary N) is 1. The zero-order valence-corrected chi connectivity index (χ0v) is 19.4. The van der Waals surface area contributed by atoms with Crippen LogP contribution in [0, 0.1) is 0 Å². The lowest BCUT2D eigenvalue weighted by Crippen LogP contribution is -2.49. The van der Waals surface area contributed by atoms with Crippen molar-refractivity contribution in [2.24, 2.45) is 0 Å². The third kappa shape index (κ3) is 5.40. The van der Waals surface area contributed by atoms with Crippen LogP contribution in [0.5, 0.6) is 0 Å². The summed E-state index contributed by atoms with van der Waals surface area (Å²) in [5, 5.41) is 2.63.